The first kappa shape index (κ1) is 19.7. The number of rotatable bonds is 5. The summed E-state index contributed by atoms with van der Waals surface area (Å²) in [4.78, 5) is 14.2. The Labute approximate surface area is 172 Å². The molecule has 2 aromatic rings. The number of carbonyl (C=O) groups excluding carboxylic acids is 1. The van der Waals surface area contributed by atoms with Crippen LogP contribution >= 0.6 is 35.0 Å². The van der Waals surface area contributed by atoms with Crippen LogP contribution in [0.5, 0.6) is 0 Å². The van der Waals surface area contributed by atoms with Gasteiger partial charge in [0.15, 0.2) is 5.17 Å². The fourth-order valence-electron chi connectivity index (χ4n) is 2.50. The zero-order chi connectivity index (χ0) is 19.4. The minimum atomic E-state index is -0.311. The van der Waals surface area contributed by atoms with Crippen LogP contribution in [0, 0.1) is 0 Å². The van der Waals surface area contributed by atoms with Gasteiger partial charge in [-0.3, -0.25) is 4.79 Å². The predicted octanol–water partition coefficient (Wildman–Crippen LogP) is 4.22. The van der Waals surface area contributed by atoms with Crippen molar-refractivity contribution < 1.29 is 4.79 Å². The van der Waals surface area contributed by atoms with Gasteiger partial charge in [-0.1, -0.05) is 59.2 Å². The number of anilines is 1. The Bertz CT molecular complexity index is 897. The van der Waals surface area contributed by atoms with E-state index in [1.165, 1.54) is 11.8 Å². The number of hydrogen-bond acceptors (Lipinski definition) is 5. The summed E-state index contributed by atoms with van der Waals surface area (Å²) in [5.74, 6) is -0.111. The van der Waals surface area contributed by atoms with Gasteiger partial charge >= 0.3 is 0 Å². The Morgan fingerprint density at radius 2 is 1.93 bits per heavy atom. The van der Waals surface area contributed by atoms with Gasteiger partial charge in [0.25, 0.3) is 0 Å². The van der Waals surface area contributed by atoms with Crippen molar-refractivity contribution in [1.82, 2.24) is 5.32 Å². The van der Waals surface area contributed by atoms with Crippen LogP contribution in [0.2, 0.25) is 10.0 Å². The fourth-order valence-corrected chi connectivity index (χ4v) is 3.85. The third-order valence-electron chi connectivity index (χ3n) is 3.98. The molecule has 0 spiro atoms. The predicted molar refractivity (Wildman–Crippen MR) is 115 cm³/mol. The molecule has 1 atom stereocenters. The number of amides is 1. The van der Waals surface area contributed by atoms with Gasteiger partial charge in [-0.2, -0.15) is 5.10 Å². The lowest BCUT2D eigenvalue weighted by atomic mass is 10.1. The van der Waals surface area contributed by atoms with Crippen molar-refractivity contribution in [2.24, 2.45) is 10.2 Å². The molecule has 2 aromatic carbocycles. The van der Waals surface area contributed by atoms with Crippen LogP contribution in [0.4, 0.5) is 5.69 Å². The van der Waals surface area contributed by atoms with E-state index in [1.807, 2.05) is 55.4 Å². The van der Waals surface area contributed by atoms with Gasteiger partial charge in [-0.25, -0.2) is 0 Å². The lowest BCUT2D eigenvalue weighted by molar-refractivity contribution is -0.118. The number of nitrogens with one attached hydrogen (secondary N) is 1. The second kappa shape index (κ2) is 8.78. The number of thioether (sulfide) groups is 1. The van der Waals surface area contributed by atoms with Crippen LogP contribution in [-0.4, -0.2) is 36.6 Å². The molecule has 1 saturated heterocycles. The van der Waals surface area contributed by atoms with Gasteiger partial charge in [0.2, 0.25) is 5.91 Å². The maximum atomic E-state index is 12.2. The highest BCUT2D eigenvalue weighted by molar-refractivity contribution is 8.15. The Kier molecular flexibility index (Phi) is 6.42. The number of hydrogen-bond donors (Lipinski definition) is 1. The third-order valence-corrected chi connectivity index (χ3v) is 5.91. The van der Waals surface area contributed by atoms with Gasteiger partial charge in [-0.15, -0.1) is 5.10 Å². The van der Waals surface area contributed by atoms with Crippen molar-refractivity contribution in [3.8, 4) is 0 Å². The zero-order valence-corrected chi connectivity index (χ0v) is 17.1. The van der Waals surface area contributed by atoms with Crippen molar-refractivity contribution in [2.45, 2.75) is 11.7 Å². The van der Waals surface area contributed by atoms with Crippen molar-refractivity contribution in [3.05, 3.63) is 63.6 Å². The molecule has 1 aliphatic heterocycles. The summed E-state index contributed by atoms with van der Waals surface area (Å²) in [6.07, 6.45) is 2.13. The number of benzene rings is 2. The van der Waals surface area contributed by atoms with E-state index in [0.29, 0.717) is 21.6 Å². The standard InChI is InChI=1S/C19H18Cl2N4OS/c1-25(2)14-8-6-12(7-9-14)11-22-24-19-23-18(26)16(27-19)10-13-4-3-5-15(20)17(13)21/h3-9,11,16H,10H2,1-2H3,(H,23,24,26)/b22-11+/t16-/m0/s1. The van der Waals surface area contributed by atoms with Crippen molar-refractivity contribution in [2.75, 3.05) is 19.0 Å². The molecule has 8 heteroatoms. The Hall–Kier alpha value is -2.02. The topological polar surface area (TPSA) is 57.1 Å². The van der Waals surface area contributed by atoms with E-state index >= 15 is 0 Å². The SMILES string of the molecule is CN(C)c1ccc(/C=N/N=C2\NC(=O)[C@H](Cc3cccc(Cl)c3Cl)S2)cc1. The lowest BCUT2D eigenvalue weighted by Gasteiger charge is -2.11. The second-order valence-corrected chi connectivity index (χ2v) is 8.13. The summed E-state index contributed by atoms with van der Waals surface area (Å²) in [6, 6.07) is 13.3. The Balaban J connectivity index is 1.63. The smallest absolute Gasteiger partial charge is 0.239 e. The largest absolute Gasteiger partial charge is 0.378 e. The molecule has 3 rings (SSSR count). The van der Waals surface area contributed by atoms with Crippen LogP contribution in [0.25, 0.3) is 0 Å². The number of halogens is 2. The molecule has 27 heavy (non-hydrogen) atoms. The number of nitrogens with zero attached hydrogens (tertiary/aromatic N) is 3. The van der Waals surface area contributed by atoms with Gasteiger partial charge in [0.05, 0.1) is 21.5 Å². The average molecular weight is 421 g/mol. The molecule has 0 saturated carbocycles. The molecule has 1 amide bonds. The van der Waals surface area contributed by atoms with Crippen LogP contribution in [0.3, 0.4) is 0 Å². The zero-order valence-electron chi connectivity index (χ0n) is 14.8. The second-order valence-electron chi connectivity index (χ2n) is 6.15. The van der Waals surface area contributed by atoms with E-state index < -0.39 is 0 Å². The van der Waals surface area contributed by atoms with Gasteiger partial charge in [0, 0.05) is 19.8 Å². The van der Waals surface area contributed by atoms with E-state index in [2.05, 4.69) is 15.5 Å². The Morgan fingerprint density at radius 1 is 1.19 bits per heavy atom. The van der Waals surface area contributed by atoms with Crippen LogP contribution in [0.1, 0.15) is 11.1 Å². The minimum Gasteiger partial charge on any atom is -0.378 e. The summed E-state index contributed by atoms with van der Waals surface area (Å²) in [6.45, 7) is 0. The normalized spacial score (nSPS) is 18.3. The minimum absolute atomic E-state index is 0.111. The van der Waals surface area contributed by atoms with Gasteiger partial charge < -0.3 is 10.2 Å². The quantitative estimate of drug-likeness (QED) is 0.581. The molecule has 0 aromatic heterocycles. The van der Waals surface area contributed by atoms with E-state index in [-0.39, 0.29) is 11.2 Å². The monoisotopic (exact) mass is 420 g/mol. The molecule has 0 unspecified atom stereocenters. The Morgan fingerprint density at radius 3 is 2.63 bits per heavy atom. The average Bonchev–Trinajstić information content (AvgIpc) is 2.99. The van der Waals surface area contributed by atoms with E-state index in [9.17, 15) is 4.79 Å². The summed E-state index contributed by atoms with van der Waals surface area (Å²) in [5, 5.41) is 12.1. The summed E-state index contributed by atoms with van der Waals surface area (Å²) in [5.41, 5.74) is 2.88. The van der Waals surface area contributed by atoms with Crippen molar-refractivity contribution in [1.29, 1.82) is 0 Å². The highest BCUT2D eigenvalue weighted by atomic mass is 35.5. The molecule has 0 bridgehead atoms. The highest BCUT2D eigenvalue weighted by Gasteiger charge is 2.31. The van der Waals surface area contributed by atoms with E-state index in [4.69, 9.17) is 23.2 Å². The molecule has 140 valence electrons. The lowest BCUT2D eigenvalue weighted by Crippen LogP contribution is -2.26. The molecule has 5 nitrogen and oxygen atoms in total. The molecule has 1 N–H and O–H groups in total. The van der Waals surface area contributed by atoms with E-state index in [1.54, 1.807) is 12.3 Å². The highest BCUT2D eigenvalue weighted by Crippen LogP contribution is 2.30. The summed E-state index contributed by atoms with van der Waals surface area (Å²) >= 11 is 13.6. The first-order valence-corrected chi connectivity index (χ1v) is 9.86. The van der Waals surface area contributed by atoms with Crippen LogP contribution < -0.4 is 10.2 Å². The molecular weight excluding hydrogens is 403 g/mol. The van der Waals surface area contributed by atoms with Gasteiger partial charge in [-0.05, 0) is 35.7 Å². The van der Waals surface area contributed by atoms with E-state index in [0.717, 1.165) is 16.8 Å². The molecule has 1 fully saturated rings. The molecule has 0 aliphatic carbocycles. The number of amidine groups is 1. The van der Waals surface area contributed by atoms with Gasteiger partial charge in [0.1, 0.15) is 0 Å². The third kappa shape index (κ3) is 5.03. The maximum absolute atomic E-state index is 12.2. The van der Waals surface area contributed by atoms with Crippen molar-refractivity contribution in [3.63, 3.8) is 0 Å². The molecule has 0 radical (unpaired) electrons. The molecular formula is C19H18Cl2N4OS. The first-order chi connectivity index (χ1) is 12.9. The molecule has 1 heterocycles. The molecule has 1 aliphatic rings. The maximum Gasteiger partial charge on any atom is 0.239 e. The van der Waals surface area contributed by atoms with Crippen LogP contribution in [0.15, 0.2) is 52.7 Å². The summed E-state index contributed by atoms with van der Waals surface area (Å²) in [7, 11) is 3.98. The summed E-state index contributed by atoms with van der Waals surface area (Å²) < 4.78 is 0. The van der Waals surface area contributed by atoms with Crippen molar-refractivity contribution >= 4 is 57.9 Å². The van der Waals surface area contributed by atoms with Crippen LogP contribution in [-0.2, 0) is 11.2 Å². The first-order valence-electron chi connectivity index (χ1n) is 8.23. The fraction of sp³-hybridized carbons (Fsp3) is 0.211. The number of carbonyl (C=O) groups is 1.